The highest BCUT2D eigenvalue weighted by atomic mass is 15.2. The summed E-state index contributed by atoms with van der Waals surface area (Å²) in [6, 6.07) is 9.49. The zero-order valence-electron chi connectivity index (χ0n) is 10.4. The van der Waals surface area contributed by atoms with Crippen molar-refractivity contribution >= 4 is 5.69 Å². The number of hydrogen-bond donors (Lipinski definition) is 1. The van der Waals surface area contributed by atoms with Crippen LogP contribution in [0.2, 0.25) is 0 Å². The maximum absolute atomic E-state index is 3.59. The fraction of sp³-hybridized carbons (Fsp3) is 0.571. The number of nitrogens with zero attached hydrogens (tertiary/aromatic N) is 1. The van der Waals surface area contributed by atoms with Crippen LogP contribution >= 0.6 is 0 Å². The first-order valence-electron chi connectivity index (χ1n) is 6.34. The third-order valence-corrected chi connectivity index (χ3v) is 3.26. The van der Waals surface area contributed by atoms with E-state index in [1.807, 2.05) is 0 Å². The van der Waals surface area contributed by atoms with Crippen molar-refractivity contribution in [3.63, 3.8) is 0 Å². The lowest BCUT2D eigenvalue weighted by molar-refractivity contribution is 0.431. The van der Waals surface area contributed by atoms with E-state index >= 15 is 0 Å². The number of rotatable bonds is 3. The molecule has 2 heteroatoms. The molecule has 1 aliphatic rings. The molecular weight excluding hydrogens is 196 g/mol. The lowest BCUT2D eigenvalue weighted by atomic mass is 10.1. The van der Waals surface area contributed by atoms with Gasteiger partial charge in [-0.3, -0.25) is 0 Å². The summed E-state index contributed by atoms with van der Waals surface area (Å²) < 4.78 is 0. The van der Waals surface area contributed by atoms with Crippen molar-refractivity contribution < 1.29 is 0 Å². The molecule has 0 amide bonds. The smallest absolute Gasteiger partial charge is 0.0369 e. The van der Waals surface area contributed by atoms with Crippen LogP contribution in [0.4, 0.5) is 5.69 Å². The molecule has 0 aliphatic carbocycles. The van der Waals surface area contributed by atoms with Gasteiger partial charge in [0, 0.05) is 31.4 Å². The summed E-state index contributed by atoms with van der Waals surface area (Å²) in [6.45, 7) is 7.81. The molecule has 1 heterocycles. The third kappa shape index (κ3) is 2.76. The van der Waals surface area contributed by atoms with Gasteiger partial charge in [-0.25, -0.2) is 0 Å². The maximum atomic E-state index is 3.59. The van der Waals surface area contributed by atoms with Crippen LogP contribution in [0.3, 0.4) is 0 Å². The van der Waals surface area contributed by atoms with Crippen LogP contribution in [-0.2, 0) is 0 Å². The fourth-order valence-corrected chi connectivity index (χ4v) is 2.43. The molecular formula is C14H22N2. The highest BCUT2D eigenvalue weighted by Crippen LogP contribution is 2.18. The van der Waals surface area contributed by atoms with Crippen molar-refractivity contribution in [2.45, 2.75) is 32.7 Å². The second-order valence-electron chi connectivity index (χ2n) is 4.72. The van der Waals surface area contributed by atoms with Crippen molar-refractivity contribution in [2.24, 2.45) is 0 Å². The Morgan fingerprint density at radius 2 is 2.31 bits per heavy atom. The molecule has 0 spiro atoms. The average Bonchev–Trinajstić information content (AvgIpc) is 2.30. The van der Waals surface area contributed by atoms with Gasteiger partial charge in [0.25, 0.3) is 0 Å². The normalized spacial score (nSPS) is 21.1. The van der Waals surface area contributed by atoms with E-state index in [-0.39, 0.29) is 0 Å². The number of benzene rings is 1. The van der Waals surface area contributed by atoms with Gasteiger partial charge in [0.1, 0.15) is 0 Å². The Bertz CT molecular complexity index is 333. The second-order valence-corrected chi connectivity index (χ2v) is 4.72. The Morgan fingerprint density at radius 3 is 3.06 bits per heavy atom. The van der Waals surface area contributed by atoms with Crippen LogP contribution in [-0.4, -0.2) is 25.7 Å². The van der Waals surface area contributed by atoms with Gasteiger partial charge in [-0.2, -0.15) is 0 Å². The fourth-order valence-electron chi connectivity index (χ4n) is 2.43. The lowest BCUT2D eigenvalue weighted by Gasteiger charge is -2.35. The van der Waals surface area contributed by atoms with Crippen molar-refractivity contribution in [1.82, 2.24) is 5.32 Å². The van der Waals surface area contributed by atoms with Gasteiger partial charge in [0.05, 0.1) is 0 Å². The Hall–Kier alpha value is -1.02. The predicted octanol–water partition coefficient (Wildman–Crippen LogP) is 2.57. The van der Waals surface area contributed by atoms with E-state index in [9.17, 15) is 0 Å². The summed E-state index contributed by atoms with van der Waals surface area (Å²) in [5, 5.41) is 3.59. The predicted molar refractivity (Wildman–Crippen MR) is 70.1 cm³/mol. The number of aryl methyl sites for hydroxylation is 1. The quantitative estimate of drug-likeness (QED) is 0.839. The summed E-state index contributed by atoms with van der Waals surface area (Å²) in [6.07, 6.45) is 2.54. The van der Waals surface area contributed by atoms with E-state index in [2.05, 4.69) is 48.3 Å². The van der Waals surface area contributed by atoms with Crippen molar-refractivity contribution in [3.8, 4) is 0 Å². The van der Waals surface area contributed by atoms with Gasteiger partial charge in [-0.15, -0.1) is 0 Å². The van der Waals surface area contributed by atoms with Gasteiger partial charge < -0.3 is 10.2 Å². The molecule has 1 saturated heterocycles. The minimum absolute atomic E-state index is 0.666. The Morgan fingerprint density at radius 1 is 1.44 bits per heavy atom. The van der Waals surface area contributed by atoms with E-state index in [4.69, 9.17) is 0 Å². The number of hydrogen-bond acceptors (Lipinski definition) is 2. The summed E-state index contributed by atoms with van der Waals surface area (Å²) in [4.78, 5) is 2.50. The Labute approximate surface area is 98.7 Å². The zero-order valence-corrected chi connectivity index (χ0v) is 10.4. The first-order chi connectivity index (χ1) is 7.79. The number of anilines is 1. The van der Waals surface area contributed by atoms with Gasteiger partial charge in [0.15, 0.2) is 0 Å². The Kier molecular flexibility index (Phi) is 3.83. The largest absolute Gasteiger partial charge is 0.369 e. The minimum atomic E-state index is 0.666. The van der Waals surface area contributed by atoms with Crippen LogP contribution < -0.4 is 10.2 Å². The first kappa shape index (κ1) is 11.5. The molecule has 2 rings (SSSR count). The van der Waals surface area contributed by atoms with E-state index < -0.39 is 0 Å². The minimum Gasteiger partial charge on any atom is -0.369 e. The monoisotopic (exact) mass is 218 g/mol. The van der Waals surface area contributed by atoms with Crippen molar-refractivity contribution in [2.75, 3.05) is 24.5 Å². The molecule has 0 bridgehead atoms. The summed E-state index contributed by atoms with van der Waals surface area (Å²) in [7, 11) is 0. The number of piperazine rings is 1. The first-order valence-corrected chi connectivity index (χ1v) is 6.34. The average molecular weight is 218 g/mol. The van der Waals surface area contributed by atoms with Crippen molar-refractivity contribution in [1.29, 1.82) is 0 Å². The van der Waals surface area contributed by atoms with Crippen LogP contribution in [0, 0.1) is 6.92 Å². The molecule has 1 unspecified atom stereocenters. The van der Waals surface area contributed by atoms with Gasteiger partial charge in [-0.1, -0.05) is 25.5 Å². The Balaban J connectivity index is 2.03. The molecule has 1 atom stereocenters. The molecule has 1 N–H and O–H groups in total. The van der Waals surface area contributed by atoms with Gasteiger partial charge in [0.2, 0.25) is 0 Å². The SMILES string of the molecule is CCCC1CN(c2cccc(C)c2)CCN1. The second kappa shape index (κ2) is 5.35. The molecule has 1 aromatic carbocycles. The zero-order chi connectivity index (χ0) is 11.4. The summed E-state index contributed by atoms with van der Waals surface area (Å²) in [5.41, 5.74) is 2.73. The van der Waals surface area contributed by atoms with Crippen molar-refractivity contribution in [3.05, 3.63) is 29.8 Å². The van der Waals surface area contributed by atoms with Crippen LogP contribution in [0.15, 0.2) is 24.3 Å². The van der Waals surface area contributed by atoms with E-state index in [0.717, 1.165) is 19.6 Å². The summed E-state index contributed by atoms with van der Waals surface area (Å²) >= 11 is 0. The van der Waals surface area contributed by atoms with E-state index in [0.29, 0.717) is 6.04 Å². The third-order valence-electron chi connectivity index (χ3n) is 3.26. The molecule has 1 aliphatic heterocycles. The molecule has 1 aromatic rings. The number of nitrogens with one attached hydrogen (secondary N) is 1. The molecule has 0 saturated carbocycles. The van der Waals surface area contributed by atoms with Crippen LogP contribution in [0.1, 0.15) is 25.3 Å². The lowest BCUT2D eigenvalue weighted by Crippen LogP contribution is -2.50. The van der Waals surface area contributed by atoms with Crippen LogP contribution in [0.5, 0.6) is 0 Å². The topological polar surface area (TPSA) is 15.3 Å². The standard InChI is InChI=1S/C14H22N2/c1-3-5-13-11-16(9-8-15-13)14-7-4-6-12(2)10-14/h4,6-7,10,13,15H,3,5,8-9,11H2,1-2H3. The van der Waals surface area contributed by atoms with E-state index in [1.54, 1.807) is 0 Å². The molecule has 0 aromatic heterocycles. The molecule has 1 fully saturated rings. The summed E-state index contributed by atoms with van der Waals surface area (Å²) in [5.74, 6) is 0. The van der Waals surface area contributed by atoms with Crippen LogP contribution in [0.25, 0.3) is 0 Å². The maximum Gasteiger partial charge on any atom is 0.0369 e. The van der Waals surface area contributed by atoms with Gasteiger partial charge in [-0.05, 0) is 31.0 Å². The highest BCUT2D eigenvalue weighted by Gasteiger charge is 2.18. The molecule has 16 heavy (non-hydrogen) atoms. The molecule has 0 radical (unpaired) electrons. The molecule has 2 nitrogen and oxygen atoms in total. The highest BCUT2D eigenvalue weighted by molar-refractivity contribution is 5.49. The molecule has 88 valence electrons. The van der Waals surface area contributed by atoms with Gasteiger partial charge >= 0.3 is 0 Å². The van der Waals surface area contributed by atoms with E-state index in [1.165, 1.54) is 24.1 Å².